The molecule has 1 fully saturated rings. The van der Waals surface area contributed by atoms with Crippen molar-refractivity contribution in [2.75, 3.05) is 20.3 Å². The van der Waals surface area contributed by atoms with E-state index in [4.69, 9.17) is 9.47 Å². The third-order valence-corrected chi connectivity index (χ3v) is 3.17. The number of Topliss-reactive ketones (excluding diaryl/α,β-unsaturated/α-hetero) is 1. The summed E-state index contributed by atoms with van der Waals surface area (Å²) in [7, 11) is 1.61. The van der Waals surface area contributed by atoms with Crippen LogP contribution in [0.2, 0.25) is 0 Å². The van der Waals surface area contributed by atoms with Gasteiger partial charge in [0.25, 0.3) is 0 Å². The van der Waals surface area contributed by atoms with E-state index in [0.717, 1.165) is 16.6 Å². The molecule has 0 aromatic carbocycles. The Morgan fingerprint density at radius 3 is 3.33 bits per heavy atom. The lowest BCUT2D eigenvalue weighted by Crippen LogP contribution is -1.99. The van der Waals surface area contributed by atoms with E-state index in [1.165, 1.54) is 0 Å². The van der Waals surface area contributed by atoms with Gasteiger partial charge in [-0.15, -0.1) is 0 Å². The summed E-state index contributed by atoms with van der Waals surface area (Å²) < 4.78 is 10.4. The zero-order valence-corrected chi connectivity index (χ0v) is 11.6. The third kappa shape index (κ3) is 2.85. The van der Waals surface area contributed by atoms with Crippen LogP contribution in [0.1, 0.15) is 12.0 Å². The lowest BCUT2D eigenvalue weighted by Gasteiger charge is -1.98. The van der Waals surface area contributed by atoms with Crippen LogP contribution in [0.3, 0.4) is 0 Å². The summed E-state index contributed by atoms with van der Waals surface area (Å²) in [6.07, 6.45) is 5.45. The van der Waals surface area contributed by atoms with Crippen molar-refractivity contribution in [2.24, 2.45) is 4.99 Å². The number of aliphatic imine (C=N–C) groups is 1. The molecule has 3 rings (SSSR count). The number of rotatable bonds is 4. The molecule has 2 aromatic rings. The Morgan fingerprint density at radius 2 is 2.48 bits per heavy atom. The highest BCUT2D eigenvalue weighted by Gasteiger charge is 2.25. The summed E-state index contributed by atoms with van der Waals surface area (Å²) in [5.41, 5.74) is 1.66. The Morgan fingerprint density at radius 1 is 1.57 bits per heavy atom. The molecule has 1 saturated heterocycles. The van der Waals surface area contributed by atoms with Gasteiger partial charge in [-0.25, -0.2) is 4.98 Å². The summed E-state index contributed by atoms with van der Waals surface area (Å²) >= 11 is 0. The number of methoxy groups -OCH3 is 1. The van der Waals surface area contributed by atoms with Crippen LogP contribution in [-0.2, 0) is 14.3 Å². The van der Waals surface area contributed by atoms with Crippen LogP contribution in [0.4, 0.5) is 0 Å². The summed E-state index contributed by atoms with van der Waals surface area (Å²) in [6, 6.07) is 3.80. The predicted octanol–water partition coefficient (Wildman–Crippen LogP) is 1.94. The van der Waals surface area contributed by atoms with Crippen molar-refractivity contribution in [3.8, 4) is 0 Å². The van der Waals surface area contributed by atoms with Gasteiger partial charge in [0.1, 0.15) is 5.65 Å². The van der Waals surface area contributed by atoms with Gasteiger partial charge >= 0.3 is 0 Å². The van der Waals surface area contributed by atoms with Crippen LogP contribution in [0.15, 0.2) is 35.3 Å². The molecule has 0 amide bonds. The number of hydrogen-bond acceptors (Lipinski definition) is 5. The first-order chi connectivity index (χ1) is 10.3. The van der Waals surface area contributed by atoms with Gasteiger partial charge in [0.15, 0.2) is 11.7 Å². The Balaban J connectivity index is 1.83. The normalized spacial score (nSPS) is 18.8. The van der Waals surface area contributed by atoms with Crippen LogP contribution in [-0.4, -0.2) is 41.9 Å². The van der Waals surface area contributed by atoms with Crippen molar-refractivity contribution in [3.05, 3.63) is 35.8 Å². The van der Waals surface area contributed by atoms with E-state index in [0.29, 0.717) is 24.8 Å². The van der Waals surface area contributed by atoms with Crippen molar-refractivity contribution in [3.63, 3.8) is 0 Å². The molecule has 6 nitrogen and oxygen atoms in total. The summed E-state index contributed by atoms with van der Waals surface area (Å²) in [5, 5.41) is 0.950. The average Bonchev–Trinajstić information content (AvgIpc) is 3.05. The molecule has 108 valence electrons. The van der Waals surface area contributed by atoms with E-state index in [1.54, 1.807) is 25.6 Å². The molecule has 0 saturated carbocycles. The highest BCUT2D eigenvalue weighted by molar-refractivity contribution is 6.14. The quantitative estimate of drug-likeness (QED) is 0.688. The van der Waals surface area contributed by atoms with Crippen molar-refractivity contribution >= 4 is 28.8 Å². The minimum absolute atomic E-state index is 0.0654. The number of hydrogen-bond donors (Lipinski definition) is 1. The fourth-order valence-corrected chi connectivity index (χ4v) is 2.14. The zero-order valence-electron chi connectivity index (χ0n) is 11.6. The molecule has 3 heterocycles. The Labute approximate surface area is 121 Å². The second-order valence-corrected chi connectivity index (χ2v) is 4.62. The molecule has 2 aromatic heterocycles. The minimum Gasteiger partial charge on any atom is -0.439 e. The Hall–Kier alpha value is -2.47. The second-order valence-electron chi connectivity index (χ2n) is 4.62. The van der Waals surface area contributed by atoms with Crippen LogP contribution in [0.25, 0.3) is 17.1 Å². The van der Waals surface area contributed by atoms with Gasteiger partial charge in [-0.1, -0.05) is 0 Å². The van der Waals surface area contributed by atoms with E-state index in [-0.39, 0.29) is 12.2 Å². The van der Waals surface area contributed by atoms with Crippen molar-refractivity contribution in [1.82, 2.24) is 9.97 Å². The van der Waals surface area contributed by atoms with Gasteiger partial charge in [0.2, 0.25) is 5.78 Å². The first-order valence-corrected chi connectivity index (χ1v) is 6.65. The van der Waals surface area contributed by atoms with Gasteiger partial charge in [-0.3, -0.25) is 9.79 Å². The predicted molar refractivity (Wildman–Crippen MR) is 79.0 cm³/mol. The van der Waals surface area contributed by atoms with Crippen molar-refractivity contribution in [2.45, 2.75) is 6.42 Å². The number of nitrogens with one attached hydrogen (secondary N) is 1. The van der Waals surface area contributed by atoms with Gasteiger partial charge in [-0.05, 0) is 18.2 Å². The van der Waals surface area contributed by atoms with E-state index < -0.39 is 0 Å². The number of carbonyl (C=O) groups excluding carboxylic acids is 1. The summed E-state index contributed by atoms with van der Waals surface area (Å²) in [6.45, 7) is 0.998. The van der Waals surface area contributed by atoms with Crippen LogP contribution in [0.5, 0.6) is 0 Å². The van der Waals surface area contributed by atoms with E-state index in [1.807, 2.05) is 12.1 Å². The third-order valence-electron chi connectivity index (χ3n) is 3.17. The molecule has 0 atom stereocenters. The largest absolute Gasteiger partial charge is 0.439 e. The maximum Gasteiger partial charge on any atom is 0.207 e. The molecule has 0 unspecified atom stereocenters. The minimum atomic E-state index is -0.0654. The molecule has 6 heteroatoms. The number of carbonyl (C=O) groups is 1. The first kappa shape index (κ1) is 13.5. The molecule has 0 spiro atoms. The lowest BCUT2D eigenvalue weighted by atomic mass is 10.1. The molecule has 1 aliphatic heterocycles. The van der Waals surface area contributed by atoms with E-state index >= 15 is 0 Å². The molecule has 21 heavy (non-hydrogen) atoms. The van der Waals surface area contributed by atoms with Crippen LogP contribution in [0, 0.1) is 0 Å². The summed E-state index contributed by atoms with van der Waals surface area (Å²) in [5.74, 6) is 0.696. The number of pyridine rings is 1. The van der Waals surface area contributed by atoms with Gasteiger partial charge in [0, 0.05) is 30.5 Å². The molecule has 0 bridgehead atoms. The van der Waals surface area contributed by atoms with Crippen molar-refractivity contribution < 1.29 is 14.3 Å². The maximum absolute atomic E-state index is 11.9. The Kier molecular flexibility index (Phi) is 3.79. The highest BCUT2D eigenvalue weighted by atomic mass is 16.5. The number of H-pyrrole nitrogens is 1. The second kappa shape index (κ2) is 5.88. The smallest absolute Gasteiger partial charge is 0.207 e. The van der Waals surface area contributed by atoms with E-state index in [2.05, 4.69) is 15.0 Å². The highest BCUT2D eigenvalue weighted by Crippen LogP contribution is 2.23. The fourth-order valence-electron chi connectivity index (χ4n) is 2.14. The lowest BCUT2D eigenvalue weighted by molar-refractivity contribution is -0.114. The zero-order chi connectivity index (χ0) is 14.7. The SMILES string of the molecule is COCCN=C1CC(=O)/C(=C/c2c[nH]c3ncccc23)O1. The number of ketones is 1. The van der Waals surface area contributed by atoms with Gasteiger partial charge in [-0.2, -0.15) is 0 Å². The van der Waals surface area contributed by atoms with Gasteiger partial charge in [0.05, 0.1) is 19.6 Å². The monoisotopic (exact) mass is 285 g/mol. The number of aromatic amines is 1. The molecule has 0 radical (unpaired) electrons. The molecular weight excluding hydrogens is 270 g/mol. The molecular formula is C15H15N3O3. The van der Waals surface area contributed by atoms with Crippen LogP contribution >= 0.6 is 0 Å². The number of nitrogens with zero attached hydrogens (tertiary/aromatic N) is 2. The molecule has 1 aliphatic rings. The van der Waals surface area contributed by atoms with Crippen LogP contribution < -0.4 is 0 Å². The number of fused-ring (bicyclic) bond motifs is 1. The number of aromatic nitrogens is 2. The first-order valence-electron chi connectivity index (χ1n) is 6.65. The van der Waals surface area contributed by atoms with E-state index in [9.17, 15) is 4.79 Å². The topological polar surface area (TPSA) is 76.6 Å². The molecule has 1 N–H and O–H groups in total. The number of ether oxygens (including phenoxy) is 2. The maximum atomic E-state index is 11.9. The standard InChI is InChI=1S/C15H15N3O3/c1-20-6-5-16-14-8-12(19)13(21-14)7-10-9-18-15-11(10)3-2-4-17-15/h2-4,7,9H,5-6,8H2,1H3,(H,17,18)/b13-7-,16-14?. The fraction of sp³-hybridized carbons (Fsp3) is 0.267. The molecule has 0 aliphatic carbocycles. The summed E-state index contributed by atoms with van der Waals surface area (Å²) in [4.78, 5) is 23.4. The van der Waals surface area contributed by atoms with Crippen molar-refractivity contribution in [1.29, 1.82) is 0 Å². The average molecular weight is 285 g/mol. The Bertz CT molecular complexity index is 731. The van der Waals surface area contributed by atoms with Gasteiger partial charge < -0.3 is 14.5 Å². The number of allylic oxidation sites excluding steroid dienone is 1.